The van der Waals surface area contributed by atoms with Crippen molar-refractivity contribution < 1.29 is 14.4 Å². The molecule has 0 bridgehead atoms. The molecule has 0 aliphatic carbocycles. The van der Waals surface area contributed by atoms with Crippen LogP contribution in [0.5, 0.6) is 0 Å². The summed E-state index contributed by atoms with van der Waals surface area (Å²) in [5.74, 6) is -1.76. The van der Waals surface area contributed by atoms with E-state index in [9.17, 15) is 14.4 Å². The van der Waals surface area contributed by atoms with Crippen LogP contribution in [0.4, 0.5) is 4.79 Å². The summed E-state index contributed by atoms with van der Waals surface area (Å²) in [6.07, 6.45) is 0. The van der Waals surface area contributed by atoms with Crippen LogP contribution in [0, 0.1) is 5.92 Å². The smallest absolute Gasteiger partial charge is 0.317 e. The van der Waals surface area contributed by atoms with Crippen LogP contribution in [0.25, 0.3) is 0 Å². The maximum atomic E-state index is 12.5. The summed E-state index contributed by atoms with van der Waals surface area (Å²) in [6, 6.07) is 6.15. The van der Waals surface area contributed by atoms with E-state index in [1.165, 1.54) is 0 Å². The first-order valence-corrected chi connectivity index (χ1v) is 9.18. The van der Waals surface area contributed by atoms with Crippen LogP contribution >= 0.6 is 0 Å². The first kappa shape index (κ1) is 19.7. The zero-order chi connectivity index (χ0) is 20.6. The van der Waals surface area contributed by atoms with Crippen molar-refractivity contribution in [1.82, 2.24) is 15.2 Å². The second-order valence-corrected chi connectivity index (χ2v) is 8.17. The van der Waals surface area contributed by atoms with Crippen molar-refractivity contribution in [3.05, 3.63) is 35.4 Å². The lowest BCUT2D eigenvalue weighted by molar-refractivity contribution is -0.121. The molecule has 9 nitrogen and oxygen atoms in total. The number of carbonyl (C=O) groups is 3. The summed E-state index contributed by atoms with van der Waals surface area (Å²) < 4.78 is 0. The molecule has 1 aromatic rings. The van der Waals surface area contributed by atoms with Crippen LogP contribution in [0.3, 0.4) is 0 Å². The number of rotatable bonds is 3. The van der Waals surface area contributed by atoms with Gasteiger partial charge in [0.15, 0.2) is 0 Å². The van der Waals surface area contributed by atoms with Gasteiger partial charge in [0.2, 0.25) is 11.8 Å². The Kier molecular flexibility index (Phi) is 5.01. The maximum Gasteiger partial charge on any atom is 0.317 e. The van der Waals surface area contributed by atoms with E-state index < -0.39 is 17.7 Å². The predicted molar refractivity (Wildman–Crippen MR) is 105 cm³/mol. The molecule has 3 rings (SSSR count). The zero-order valence-corrected chi connectivity index (χ0v) is 16.3. The summed E-state index contributed by atoms with van der Waals surface area (Å²) in [6.45, 7) is 7.05. The van der Waals surface area contributed by atoms with Gasteiger partial charge in [-0.05, 0) is 38.5 Å². The molecule has 0 saturated carbocycles. The number of benzene rings is 1. The molecule has 4 amide bonds. The van der Waals surface area contributed by atoms with E-state index in [0.29, 0.717) is 36.5 Å². The van der Waals surface area contributed by atoms with Crippen LogP contribution < -0.4 is 16.8 Å². The largest absolute Gasteiger partial charge is 0.369 e. The molecule has 1 aromatic carbocycles. The minimum Gasteiger partial charge on any atom is -0.369 e. The SMILES string of the molecule is CC(C)(C)NC(=O)N1CCN2N=C(c3cccc(C(N)=O)c3)C(C(N)=O)C2C1. The fourth-order valence-corrected chi connectivity index (χ4v) is 3.56. The molecule has 1 saturated heterocycles. The van der Waals surface area contributed by atoms with Crippen molar-refractivity contribution in [3.8, 4) is 0 Å². The lowest BCUT2D eigenvalue weighted by Gasteiger charge is -2.39. The number of piperazine rings is 1. The van der Waals surface area contributed by atoms with Crippen LogP contribution in [-0.4, -0.2) is 64.7 Å². The topological polar surface area (TPSA) is 134 Å². The van der Waals surface area contributed by atoms with Crippen LogP contribution in [0.1, 0.15) is 36.7 Å². The molecule has 0 aromatic heterocycles. The van der Waals surface area contributed by atoms with Gasteiger partial charge < -0.3 is 21.7 Å². The van der Waals surface area contributed by atoms with Gasteiger partial charge in [0.1, 0.15) is 5.92 Å². The van der Waals surface area contributed by atoms with Gasteiger partial charge in [0, 0.05) is 24.2 Å². The van der Waals surface area contributed by atoms with Crippen molar-refractivity contribution in [1.29, 1.82) is 0 Å². The molecule has 2 heterocycles. The molecular formula is C19H26N6O3. The zero-order valence-electron chi connectivity index (χ0n) is 16.3. The average molecular weight is 386 g/mol. The fraction of sp³-hybridized carbons (Fsp3) is 0.474. The monoisotopic (exact) mass is 386 g/mol. The van der Waals surface area contributed by atoms with E-state index in [1.54, 1.807) is 29.2 Å². The van der Waals surface area contributed by atoms with Gasteiger partial charge in [-0.1, -0.05) is 12.1 Å². The predicted octanol–water partition coefficient (Wildman–Crippen LogP) is 0.0990. The molecule has 2 atom stereocenters. The molecule has 0 spiro atoms. The molecule has 9 heteroatoms. The highest BCUT2D eigenvalue weighted by atomic mass is 16.2. The Bertz CT molecular complexity index is 844. The first-order valence-electron chi connectivity index (χ1n) is 9.18. The number of primary amides is 2. The molecule has 2 aliphatic rings. The van der Waals surface area contributed by atoms with Crippen LogP contribution in [0.2, 0.25) is 0 Å². The van der Waals surface area contributed by atoms with Gasteiger partial charge in [-0.25, -0.2) is 4.79 Å². The lowest BCUT2D eigenvalue weighted by Crippen LogP contribution is -2.59. The Balaban J connectivity index is 1.86. The molecule has 150 valence electrons. The Labute approximate surface area is 163 Å². The quantitative estimate of drug-likeness (QED) is 0.679. The first-order chi connectivity index (χ1) is 13.1. The molecule has 2 aliphatic heterocycles. The van der Waals surface area contributed by atoms with Gasteiger partial charge in [0.25, 0.3) is 0 Å². The molecule has 28 heavy (non-hydrogen) atoms. The summed E-state index contributed by atoms with van der Waals surface area (Å²) in [4.78, 5) is 38.0. The van der Waals surface area contributed by atoms with Crippen molar-refractivity contribution in [2.24, 2.45) is 22.5 Å². The van der Waals surface area contributed by atoms with Crippen LogP contribution in [0.15, 0.2) is 29.4 Å². The third-order valence-corrected chi connectivity index (χ3v) is 4.82. The average Bonchev–Trinajstić information content (AvgIpc) is 2.99. The molecule has 2 unspecified atom stereocenters. The number of fused-ring (bicyclic) bond motifs is 1. The number of hydrogen-bond acceptors (Lipinski definition) is 5. The third kappa shape index (κ3) is 3.92. The Morgan fingerprint density at radius 3 is 2.50 bits per heavy atom. The van der Waals surface area contributed by atoms with E-state index in [1.807, 2.05) is 25.8 Å². The van der Waals surface area contributed by atoms with E-state index in [-0.39, 0.29) is 17.6 Å². The van der Waals surface area contributed by atoms with Gasteiger partial charge in [-0.15, -0.1) is 0 Å². The number of hydrogen-bond donors (Lipinski definition) is 3. The molecule has 1 fully saturated rings. The standard InChI is InChI=1S/C19H26N6O3/c1-19(2,3)22-18(28)24-7-8-25-13(10-24)14(17(21)27)15(23-25)11-5-4-6-12(9-11)16(20)26/h4-6,9,13-14H,7-8,10H2,1-3H3,(H2,20,26)(H2,21,27)(H,22,28). The number of nitrogens with two attached hydrogens (primary N) is 2. The van der Waals surface area contributed by atoms with E-state index >= 15 is 0 Å². The third-order valence-electron chi connectivity index (χ3n) is 4.82. The minimum absolute atomic E-state index is 0.181. The molecule has 0 radical (unpaired) electrons. The second-order valence-electron chi connectivity index (χ2n) is 8.17. The van der Waals surface area contributed by atoms with E-state index in [4.69, 9.17) is 11.5 Å². The molecular weight excluding hydrogens is 360 g/mol. The minimum atomic E-state index is -0.687. The number of urea groups is 1. The van der Waals surface area contributed by atoms with Gasteiger partial charge in [0.05, 0.1) is 18.3 Å². The van der Waals surface area contributed by atoms with Crippen molar-refractivity contribution in [2.45, 2.75) is 32.4 Å². The maximum absolute atomic E-state index is 12.5. The second kappa shape index (κ2) is 7.14. The summed E-state index contributed by atoms with van der Waals surface area (Å²) in [7, 11) is 0. The Morgan fingerprint density at radius 1 is 1.18 bits per heavy atom. The van der Waals surface area contributed by atoms with Gasteiger partial charge >= 0.3 is 6.03 Å². The van der Waals surface area contributed by atoms with Crippen LogP contribution in [-0.2, 0) is 4.79 Å². The Morgan fingerprint density at radius 2 is 1.89 bits per heavy atom. The number of hydrazone groups is 1. The van der Waals surface area contributed by atoms with Gasteiger partial charge in [-0.3, -0.25) is 14.6 Å². The lowest BCUT2D eigenvalue weighted by atomic mass is 9.89. The summed E-state index contributed by atoms with van der Waals surface area (Å²) in [5, 5.41) is 9.34. The fourth-order valence-electron chi connectivity index (χ4n) is 3.56. The highest BCUT2D eigenvalue weighted by Gasteiger charge is 2.45. The summed E-state index contributed by atoms with van der Waals surface area (Å²) >= 11 is 0. The highest BCUT2D eigenvalue weighted by Crippen LogP contribution is 2.29. The van der Waals surface area contributed by atoms with Crippen molar-refractivity contribution in [2.75, 3.05) is 19.6 Å². The van der Waals surface area contributed by atoms with E-state index in [2.05, 4.69) is 10.4 Å². The van der Waals surface area contributed by atoms with Gasteiger partial charge in [-0.2, -0.15) is 5.10 Å². The summed E-state index contributed by atoms with van der Waals surface area (Å²) in [5.41, 5.74) is 12.2. The van der Waals surface area contributed by atoms with Crippen molar-refractivity contribution >= 4 is 23.6 Å². The number of nitrogens with zero attached hydrogens (tertiary/aromatic N) is 3. The highest BCUT2D eigenvalue weighted by molar-refractivity contribution is 6.15. The van der Waals surface area contributed by atoms with E-state index in [0.717, 1.165) is 0 Å². The van der Waals surface area contributed by atoms with Crippen molar-refractivity contribution in [3.63, 3.8) is 0 Å². The number of amides is 4. The normalized spacial score (nSPS) is 21.8. The molecule has 5 N–H and O–H groups in total. The number of carbonyl (C=O) groups excluding carboxylic acids is 3. The number of nitrogens with one attached hydrogen (secondary N) is 1. The Hall–Kier alpha value is -3.10.